The number of piperidine rings is 2. The highest BCUT2D eigenvalue weighted by Gasteiger charge is 2.48. The summed E-state index contributed by atoms with van der Waals surface area (Å²) in [6.45, 7) is 5.76. The molecule has 4 fully saturated rings. The van der Waals surface area contributed by atoms with Gasteiger partial charge in [0, 0.05) is 67.7 Å². The molecule has 1 atom stereocenters. The van der Waals surface area contributed by atoms with Crippen molar-refractivity contribution in [3.8, 4) is 5.75 Å². The number of likely N-dealkylation sites (N-methyl/N-ethyl adjacent to an activating group) is 1. The zero-order valence-electron chi connectivity index (χ0n) is 35.8. The molecule has 4 amide bonds. The zero-order valence-corrected chi connectivity index (χ0v) is 36.6. The zero-order chi connectivity index (χ0) is 45.0. The number of benzene rings is 2. The quantitative estimate of drug-likeness (QED) is 0.164. The second-order valence-electron chi connectivity index (χ2n) is 17.8. The van der Waals surface area contributed by atoms with Crippen LogP contribution in [0, 0.1) is 17.0 Å². The molecule has 2 aromatic heterocycles. The molecule has 1 spiro atoms. The van der Waals surface area contributed by atoms with Gasteiger partial charge in [-0.1, -0.05) is 11.6 Å². The number of ether oxygens (including phenoxy) is 2. The molecule has 2 aromatic carbocycles. The summed E-state index contributed by atoms with van der Waals surface area (Å²) in [6.07, 6.45) is 6.97. The highest BCUT2D eigenvalue weighted by atomic mass is 35.5. The van der Waals surface area contributed by atoms with Crippen LogP contribution in [0.25, 0.3) is 10.9 Å². The highest BCUT2D eigenvalue weighted by molar-refractivity contribution is 6.33. The topological polar surface area (TPSA) is 180 Å². The van der Waals surface area contributed by atoms with Crippen molar-refractivity contribution >= 4 is 69.3 Å². The average Bonchev–Trinajstić information content (AvgIpc) is 3.58. The van der Waals surface area contributed by atoms with Crippen LogP contribution in [0.15, 0.2) is 41.3 Å². The largest absolute Gasteiger partial charge is 0.478 e. The number of carbonyl (C=O) groups is 4. The first-order valence-electron chi connectivity index (χ1n) is 21.8. The Hall–Kier alpha value is -5.88. The second-order valence-corrected chi connectivity index (χ2v) is 18.2. The lowest BCUT2D eigenvalue weighted by atomic mass is 9.67. The minimum atomic E-state index is -0.908. The number of hydrogen-bond donors (Lipinski definition) is 3. The Morgan fingerprint density at radius 2 is 1.73 bits per heavy atom. The Labute approximate surface area is 372 Å². The van der Waals surface area contributed by atoms with Gasteiger partial charge >= 0.3 is 0 Å². The molecular formula is C45H50ClF2N9O7. The van der Waals surface area contributed by atoms with Crippen molar-refractivity contribution in [3.05, 3.63) is 74.7 Å². The number of hydrogen-bond acceptors (Lipinski definition) is 12. The van der Waals surface area contributed by atoms with E-state index in [9.17, 15) is 24.0 Å². The van der Waals surface area contributed by atoms with E-state index in [1.54, 1.807) is 21.7 Å². The van der Waals surface area contributed by atoms with E-state index < -0.39 is 35.4 Å². The van der Waals surface area contributed by atoms with E-state index in [4.69, 9.17) is 26.1 Å². The summed E-state index contributed by atoms with van der Waals surface area (Å²) >= 11 is 6.58. The fourth-order valence-electron chi connectivity index (χ4n) is 9.92. The summed E-state index contributed by atoms with van der Waals surface area (Å²) < 4.78 is 45.3. The average molecular weight is 902 g/mol. The number of nitrogens with one attached hydrogen (secondary N) is 3. The predicted octanol–water partition coefficient (Wildman–Crippen LogP) is 5.37. The summed E-state index contributed by atoms with van der Waals surface area (Å²) in [5.74, 6) is -2.50. The first-order chi connectivity index (χ1) is 30.7. The Bertz CT molecular complexity index is 2600. The molecule has 64 heavy (non-hydrogen) atoms. The maximum atomic E-state index is 16.0. The highest BCUT2D eigenvalue weighted by Crippen LogP contribution is 2.48. The Morgan fingerprint density at radius 3 is 2.44 bits per heavy atom. The monoisotopic (exact) mass is 901 g/mol. The van der Waals surface area contributed by atoms with Gasteiger partial charge in [0.15, 0.2) is 24.0 Å². The number of pyridine rings is 1. The molecule has 5 aliphatic rings. The minimum Gasteiger partial charge on any atom is -0.478 e. The molecule has 9 rings (SSSR count). The van der Waals surface area contributed by atoms with Gasteiger partial charge in [0.05, 0.1) is 36.0 Å². The molecular weight excluding hydrogens is 852 g/mol. The number of fused-ring (bicyclic) bond motifs is 2. The summed E-state index contributed by atoms with van der Waals surface area (Å²) in [5, 5.41) is 9.10. The number of carbonyl (C=O) groups excluding carboxylic acids is 4. The van der Waals surface area contributed by atoms with Crippen molar-refractivity contribution in [2.24, 2.45) is 5.41 Å². The minimum absolute atomic E-state index is 0.0677. The van der Waals surface area contributed by atoms with E-state index in [1.165, 1.54) is 11.9 Å². The SMILES string of the molecule is CNC(=O)COc1cc2cc(Nc3nc(N4CCC(OC5CCC6(CC5)CN(c5c(F)cc7c(c5F)CN(C5CCC(=O)NC5=O)C7=O)C6)CC4)ncc3Cl)ccc2n(C(C)C)c1=O. The molecule has 1 saturated carbocycles. The number of rotatable bonds is 11. The number of imide groups is 1. The van der Waals surface area contributed by atoms with Crippen LogP contribution in [0.3, 0.4) is 0 Å². The second kappa shape index (κ2) is 17.3. The van der Waals surface area contributed by atoms with E-state index in [0.717, 1.165) is 50.0 Å². The van der Waals surface area contributed by atoms with Gasteiger partial charge in [0.25, 0.3) is 17.4 Å². The lowest BCUT2D eigenvalue weighted by Gasteiger charge is -2.54. The van der Waals surface area contributed by atoms with Crippen molar-refractivity contribution in [1.29, 1.82) is 0 Å². The lowest BCUT2D eigenvalue weighted by molar-refractivity contribution is -0.137. The van der Waals surface area contributed by atoms with Crippen molar-refractivity contribution in [2.75, 3.05) is 55.0 Å². The van der Waals surface area contributed by atoms with E-state index in [0.29, 0.717) is 54.2 Å². The first kappa shape index (κ1) is 43.4. The number of nitrogens with zero attached hydrogens (tertiary/aromatic N) is 6. The standard InChI is InChI=1S/C45H50ClF2N9O7/c1-24(2)57-33-5-4-26(16-25(33)17-35(43(57)62)63-21-37(59)49-3)51-40-31(46)19-50-44(53-40)54-14-10-28(11-15-54)64-27-8-12-45(13-9-27)22-55(23-45)39-32(47)18-29-30(38(39)48)20-56(42(29)61)34-6-7-36(58)52-41(34)60/h4-5,16-19,24,27-28,34H,6-15,20-23H2,1-3H3,(H,49,59)(H,50,51,53)(H,52,58,60). The summed E-state index contributed by atoms with van der Waals surface area (Å²) in [7, 11) is 1.50. The molecule has 4 aliphatic heterocycles. The van der Waals surface area contributed by atoms with E-state index in [2.05, 4.69) is 25.8 Å². The van der Waals surface area contributed by atoms with Crippen LogP contribution in [0.2, 0.25) is 5.02 Å². The van der Waals surface area contributed by atoms with Crippen LogP contribution in [0.5, 0.6) is 5.75 Å². The maximum absolute atomic E-state index is 16.0. The number of anilines is 4. The maximum Gasteiger partial charge on any atom is 0.293 e. The number of amides is 4. The van der Waals surface area contributed by atoms with Gasteiger partial charge in [-0.3, -0.25) is 29.3 Å². The fourth-order valence-corrected chi connectivity index (χ4v) is 10.1. The van der Waals surface area contributed by atoms with Crippen molar-refractivity contribution in [2.45, 2.75) is 96.1 Å². The van der Waals surface area contributed by atoms with E-state index in [-0.39, 0.29) is 83.7 Å². The number of halogens is 3. The van der Waals surface area contributed by atoms with Gasteiger partial charge in [0.2, 0.25) is 17.8 Å². The van der Waals surface area contributed by atoms with Crippen molar-refractivity contribution < 1.29 is 37.4 Å². The van der Waals surface area contributed by atoms with Gasteiger partial charge in [-0.2, -0.15) is 4.98 Å². The molecule has 1 aliphatic carbocycles. The molecule has 1 unspecified atom stereocenters. The van der Waals surface area contributed by atoms with Crippen LogP contribution in [0.4, 0.5) is 31.9 Å². The smallest absolute Gasteiger partial charge is 0.293 e. The normalized spacial score (nSPS) is 20.2. The van der Waals surface area contributed by atoms with Crippen molar-refractivity contribution in [1.82, 2.24) is 30.1 Å². The predicted molar refractivity (Wildman–Crippen MR) is 234 cm³/mol. The van der Waals surface area contributed by atoms with Crippen LogP contribution in [-0.4, -0.2) is 101 Å². The molecule has 3 saturated heterocycles. The van der Waals surface area contributed by atoms with E-state index in [1.807, 2.05) is 32.0 Å². The van der Waals surface area contributed by atoms with E-state index >= 15 is 8.78 Å². The van der Waals surface area contributed by atoms with Crippen LogP contribution < -0.4 is 36.0 Å². The molecule has 16 nitrogen and oxygen atoms in total. The molecule has 0 bridgehead atoms. The summed E-state index contributed by atoms with van der Waals surface area (Å²) in [5.41, 5.74) is 0.876. The molecule has 19 heteroatoms. The van der Waals surface area contributed by atoms with Gasteiger partial charge in [0.1, 0.15) is 22.6 Å². The summed E-state index contributed by atoms with van der Waals surface area (Å²) in [6, 6.07) is 7.21. The van der Waals surface area contributed by atoms with Crippen LogP contribution in [-0.2, 0) is 25.7 Å². The third-order valence-corrected chi connectivity index (χ3v) is 13.6. The Morgan fingerprint density at radius 1 is 1.00 bits per heavy atom. The van der Waals surface area contributed by atoms with Gasteiger partial charge < -0.3 is 39.4 Å². The summed E-state index contributed by atoms with van der Waals surface area (Å²) in [4.78, 5) is 76.7. The van der Waals surface area contributed by atoms with Crippen LogP contribution in [0.1, 0.15) is 87.2 Å². The van der Waals surface area contributed by atoms with Gasteiger partial charge in [-0.25, -0.2) is 13.8 Å². The molecule has 338 valence electrons. The third-order valence-electron chi connectivity index (χ3n) is 13.3. The molecule has 3 N–H and O–H groups in total. The first-order valence-corrected chi connectivity index (χ1v) is 22.2. The fraction of sp³-hybridized carbons (Fsp3) is 0.489. The van der Waals surface area contributed by atoms with Crippen molar-refractivity contribution in [3.63, 3.8) is 0 Å². The Kier molecular flexibility index (Phi) is 11.7. The molecule has 0 radical (unpaired) electrons. The third kappa shape index (κ3) is 8.21. The van der Waals surface area contributed by atoms with Crippen LogP contribution >= 0.6 is 11.6 Å². The van der Waals surface area contributed by atoms with Gasteiger partial charge in [-0.05, 0) is 89.1 Å². The number of aromatic nitrogens is 3. The Balaban J connectivity index is 0.774. The molecule has 4 aromatic rings. The van der Waals surface area contributed by atoms with Gasteiger partial charge in [-0.15, -0.1) is 0 Å². The lowest BCUT2D eigenvalue weighted by Crippen LogP contribution is -2.59. The molecule has 6 heterocycles.